The summed E-state index contributed by atoms with van der Waals surface area (Å²) in [7, 11) is 0. The average molecular weight is 774 g/mol. The Labute approximate surface area is 327 Å². The fourth-order valence-corrected chi connectivity index (χ4v) is 7.19. The zero-order valence-electron chi connectivity index (χ0n) is 32.3. The summed E-state index contributed by atoms with van der Waals surface area (Å²) in [5.74, 6) is -1.82. The minimum Gasteiger partial charge on any atom is -0.445 e. The number of rotatable bonds is 20. The minimum absolute atomic E-state index is 0.000597. The van der Waals surface area contributed by atoms with Crippen LogP contribution < -0.4 is 21.3 Å². The number of thiazole rings is 1. The number of fused-ring (bicyclic) bond motifs is 1. The highest BCUT2D eigenvalue weighted by atomic mass is 32.1. The number of ether oxygens (including phenoxy) is 1. The number of alkyl carbamates (subject to hydrolysis) is 1. The third-order valence-electron chi connectivity index (χ3n) is 10.2. The fourth-order valence-electron chi connectivity index (χ4n) is 6.37. The van der Waals surface area contributed by atoms with E-state index in [4.69, 9.17) is 4.74 Å². The lowest BCUT2D eigenvalue weighted by atomic mass is 9.91. The molecule has 4 rings (SSSR count). The van der Waals surface area contributed by atoms with Gasteiger partial charge in [0.05, 0.1) is 42.4 Å². The van der Waals surface area contributed by atoms with Crippen LogP contribution in [0.25, 0.3) is 10.8 Å². The van der Waals surface area contributed by atoms with E-state index in [0.29, 0.717) is 12.1 Å². The van der Waals surface area contributed by atoms with Crippen molar-refractivity contribution >= 4 is 45.9 Å². The highest BCUT2D eigenvalue weighted by Crippen LogP contribution is 2.21. The molecule has 0 fully saturated rings. The summed E-state index contributed by atoms with van der Waals surface area (Å²) in [6.45, 7) is 9.26. The predicted octanol–water partition coefficient (Wildman–Crippen LogP) is 4.97. The van der Waals surface area contributed by atoms with Crippen molar-refractivity contribution < 1.29 is 34.1 Å². The first-order valence-corrected chi connectivity index (χ1v) is 19.8. The second-order valence-electron chi connectivity index (χ2n) is 14.2. The summed E-state index contributed by atoms with van der Waals surface area (Å²) in [5.41, 5.74) is 3.97. The normalized spacial score (nSPS) is 15.1. The van der Waals surface area contributed by atoms with Gasteiger partial charge in [-0.15, -0.1) is 11.3 Å². The zero-order chi connectivity index (χ0) is 39.9. The maximum atomic E-state index is 14.3. The quantitative estimate of drug-likeness (QED) is 0.0729. The maximum absolute atomic E-state index is 14.3. The first-order chi connectivity index (χ1) is 26.4. The number of hydrogen-bond acceptors (Lipinski definition) is 9. The largest absolute Gasteiger partial charge is 0.445 e. The number of amides is 4. The molecule has 0 spiro atoms. The molecule has 0 bridgehead atoms. The lowest BCUT2D eigenvalue weighted by Gasteiger charge is -2.31. The van der Waals surface area contributed by atoms with Gasteiger partial charge in [0, 0.05) is 17.7 Å². The van der Waals surface area contributed by atoms with Gasteiger partial charge in [0.15, 0.2) is 0 Å². The lowest BCUT2D eigenvalue weighted by Crippen LogP contribution is -2.58. The number of aliphatic hydroxyl groups is 2. The highest BCUT2D eigenvalue weighted by Gasteiger charge is 2.34. The molecule has 12 nitrogen and oxygen atoms in total. The van der Waals surface area contributed by atoms with Gasteiger partial charge < -0.3 is 36.2 Å². The van der Waals surface area contributed by atoms with Crippen LogP contribution in [0.2, 0.25) is 0 Å². The summed E-state index contributed by atoms with van der Waals surface area (Å²) < 4.78 is 5.50. The van der Waals surface area contributed by atoms with Crippen LogP contribution in [0.3, 0.4) is 0 Å². The summed E-state index contributed by atoms with van der Waals surface area (Å²) in [6, 6.07) is 19.1. The molecule has 55 heavy (non-hydrogen) atoms. The number of aryl methyl sites for hydroxylation is 1. The van der Waals surface area contributed by atoms with Gasteiger partial charge in [0.1, 0.15) is 18.7 Å². The Morgan fingerprint density at radius 3 is 2.13 bits per heavy atom. The molecule has 0 saturated heterocycles. The van der Waals surface area contributed by atoms with Gasteiger partial charge in [0.2, 0.25) is 17.7 Å². The number of nitrogens with zero attached hydrogens (tertiary/aromatic N) is 1. The number of hydrogen-bond donors (Lipinski definition) is 6. The fraction of sp³-hybridized carbons (Fsp3) is 0.452. The van der Waals surface area contributed by atoms with E-state index in [-0.39, 0.29) is 44.3 Å². The van der Waals surface area contributed by atoms with Crippen molar-refractivity contribution in [3.8, 4) is 0 Å². The van der Waals surface area contributed by atoms with Crippen LogP contribution >= 0.6 is 11.3 Å². The van der Waals surface area contributed by atoms with Gasteiger partial charge in [-0.3, -0.25) is 14.4 Å². The molecule has 0 saturated carbocycles. The van der Waals surface area contributed by atoms with E-state index in [9.17, 15) is 29.4 Å². The summed E-state index contributed by atoms with van der Waals surface area (Å²) in [6.07, 6.45) is -0.798. The molecule has 0 aliphatic rings. The van der Waals surface area contributed by atoms with Gasteiger partial charge in [-0.25, -0.2) is 9.78 Å². The van der Waals surface area contributed by atoms with Crippen molar-refractivity contribution in [2.45, 2.75) is 104 Å². The minimum atomic E-state index is -1.25. The second kappa shape index (κ2) is 21.3. The molecule has 3 aromatic carbocycles. The van der Waals surface area contributed by atoms with Crippen molar-refractivity contribution in [1.82, 2.24) is 26.3 Å². The van der Waals surface area contributed by atoms with Gasteiger partial charge in [-0.05, 0) is 40.7 Å². The Kier molecular flexibility index (Phi) is 16.6. The first kappa shape index (κ1) is 42.9. The highest BCUT2D eigenvalue weighted by molar-refractivity contribution is 7.09. The first-order valence-electron chi connectivity index (χ1n) is 19.0. The molecule has 4 aromatic rings. The molecular weight excluding hydrogens is 719 g/mol. The van der Waals surface area contributed by atoms with Crippen LogP contribution in [-0.4, -0.2) is 75.9 Å². The Morgan fingerprint density at radius 1 is 0.800 bits per heavy atom. The summed E-state index contributed by atoms with van der Waals surface area (Å²) in [5, 5.41) is 34.4. The van der Waals surface area contributed by atoms with Crippen LogP contribution in [-0.2, 0) is 38.6 Å². The lowest BCUT2D eigenvalue weighted by molar-refractivity contribution is -0.131. The van der Waals surface area contributed by atoms with E-state index in [1.807, 2.05) is 107 Å². The Hall–Kier alpha value is -4.85. The van der Waals surface area contributed by atoms with Crippen LogP contribution in [0.1, 0.15) is 68.7 Å². The molecule has 13 heteroatoms. The SMILES string of the molecule is CCC(C)C(NC(=O)[C@H](Cc1scnc1C)NC(=O)[C@H](Cc1cccc2ccccc12)NC(=O)OCc1ccccc1)C(O)CC(=O)N[C@H](CO)C(C)CC. The van der Waals surface area contributed by atoms with Crippen molar-refractivity contribution in [2.75, 3.05) is 6.61 Å². The van der Waals surface area contributed by atoms with Crippen molar-refractivity contribution in [3.05, 3.63) is 100 Å². The third-order valence-corrected chi connectivity index (χ3v) is 11.2. The molecule has 0 aliphatic heterocycles. The number of carbonyl (C=O) groups excluding carboxylic acids is 4. The smallest absolute Gasteiger partial charge is 0.408 e. The third kappa shape index (κ3) is 12.6. The van der Waals surface area contributed by atoms with E-state index in [1.54, 1.807) is 5.51 Å². The number of benzene rings is 3. The van der Waals surface area contributed by atoms with Gasteiger partial charge in [0.25, 0.3) is 0 Å². The van der Waals surface area contributed by atoms with Gasteiger partial charge in [-0.1, -0.05) is 113 Å². The number of nitrogens with one attached hydrogen (secondary N) is 4. The van der Waals surface area contributed by atoms with E-state index in [0.717, 1.165) is 33.2 Å². The summed E-state index contributed by atoms with van der Waals surface area (Å²) >= 11 is 1.35. The molecule has 1 aromatic heterocycles. The topological polar surface area (TPSA) is 179 Å². The molecule has 4 unspecified atom stereocenters. The summed E-state index contributed by atoms with van der Waals surface area (Å²) in [4.78, 5) is 59.8. The van der Waals surface area contributed by atoms with Gasteiger partial charge in [-0.2, -0.15) is 0 Å². The Morgan fingerprint density at radius 2 is 1.45 bits per heavy atom. The number of aliphatic hydroxyl groups excluding tert-OH is 2. The zero-order valence-corrected chi connectivity index (χ0v) is 33.1. The van der Waals surface area contributed by atoms with Crippen LogP contribution in [0.15, 0.2) is 78.3 Å². The van der Waals surface area contributed by atoms with E-state index in [2.05, 4.69) is 26.3 Å². The number of aromatic nitrogens is 1. The maximum Gasteiger partial charge on any atom is 0.408 e. The molecule has 0 aliphatic carbocycles. The van der Waals surface area contributed by atoms with Crippen molar-refractivity contribution in [3.63, 3.8) is 0 Å². The van der Waals surface area contributed by atoms with Gasteiger partial charge >= 0.3 is 6.09 Å². The molecular formula is C42H55N5O7S. The molecule has 296 valence electrons. The van der Waals surface area contributed by atoms with E-state index in [1.165, 1.54) is 11.3 Å². The Bertz CT molecular complexity index is 1850. The number of carbonyl (C=O) groups is 4. The van der Waals surface area contributed by atoms with E-state index < -0.39 is 54.1 Å². The van der Waals surface area contributed by atoms with Crippen LogP contribution in [0.4, 0.5) is 4.79 Å². The van der Waals surface area contributed by atoms with E-state index >= 15 is 0 Å². The predicted molar refractivity (Wildman–Crippen MR) is 214 cm³/mol. The second-order valence-corrected chi connectivity index (χ2v) is 15.1. The molecule has 1 heterocycles. The van der Waals surface area contributed by atoms with Crippen molar-refractivity contribution in [2.24, 2.45) is 11.8 Å². The standard InChI is InChI=1S/C42H55N5O7S/c1-6-26(3)35(23-48)44-38(50)22-36(49)39(27(4)7-2)47-41(52)34(21-37-28(5)43-25-55-37)45-40(51)33(46-42(53)54-24-29-14-9-8-10-15-29)20-31-18-13-17-30-16-11-12-19-32(30)31/h8-19,25-27,33-36,39,48-49H,6-7,20-24H2,1-5H3,(H,44,50)(H,45,51)(H,46,53)(H,47,52)/t26?,27?,33-,34-,35+,36?,39?/m0/s1. The average Bonchev–Trinajstić information content (AvgIpc) is 3.60. The molecule has 0 radical (unpaired) electrons. The Balaban J connectivity index is 1.58. The molecule has 4 amide bonds. The molecule has 6 N–H and O–H groups in total. The monoisotopic (exact) mass is 773 g/mol. The molecule has 7 atom stereocenters. The van der Waals surface area contributed by atoms with Crippen LogP contribution in [0, 0.1) is 18.8 Å². The van der Waals surface area contributed by atoms with Crippen molar-refractivity contribution in [1.29, 1.82) is 0 Å². The van der Waals surface area contributed by atoms with Crippen LogP contribution in [0.5, 0.6) is 0 Å².